The van der Waals surface area contributed by atoms with E-state index in [1.807, 2.05) is 0 Å². The Morgan fingerprint density at radius 3 is 2.67 bits per heavy atom. The van der Waals surface area contributed by atoms with Gasteiger partial charge in [0.15, 0.2) is 0 Å². The van der Waals surface area contributed by atoms with Gasteiger partial charge in [0.25, 0.3) is 5.91 Å². The second-order valence-electron chi connectivity index (χ2n) is 6.07. The first kappa shape index (κ1) is 14.2. The van der Waals surface area contributed by atoms with Crippen LogP contribution >= 0.6 is 0 Å². The molecule has 1 aromatic carbocycles. The van der Waals surface area contributed by atoms with Crippen LogP contribution in [0.5, 0.6) is 11.5 Å². The molecular formula is C16H21NO4. The number of carbonyl (C=O) groups excluding carboxylic acids is 1. The minimum atomic E-state index is -0.332. The van der Waals surface area contributed by atoms with Gasteiger partial charge in [-0.15, -0.1) is 0 Å². The second kappa shape index (κ2) is 5.56. The molecule has 1 saturated heterocycles. The van der Waals surface area contributed by atoms with Crippen molar-refractivity contribution in [3.05, 3.63) is 23.8 Å². The van der Waals surface area contributed by atoms with Crippen LogP contribution in [0.4, 0.5) is 0 Å². The Hall–Kier alpha value is -1.75. The number of phenols is 2. The number of phenolic OH excluding ortho intramolecular Hbond substituents is 2. The Balaban J connectivity index is 1.84. The van der Waals surface area contributed by atoms with Crippen LogP contribution in [0.1, 0.15) is 42.5 Å². The standard InChI is InChI=1S/C16H21NO4/c18-10-6-7-15(20)12(9-10)16(21)17-8-2-4-13(17)11-3-1-5-14(11)19/h6-7,9,11,13-14,18-20H,1-5,8H2. The Kier molecular flexibility index (Phi) is 3.76. The lowest BCUT2D eigenvalue weighted by molar-refractivity contribution is 0.0525. The van der Waals surface area contributed by atoms with Gasteiger partial charge < -0.3 is 20.2 Å². The average Bonchev–Trinajstić information content (AvgIpc) is 3.08. The molecule has 3 rings (SSSR count). The van der Waals surface area contributed by atoms with Gasteiger partial charge in [0.05, 0.1) is 11.7 Å². The van der Waals surface area contributed by atoms with E-state index in [-0.39, 0.29) is 41.0 Å². The van der Waals surface area contributed by atoms with Gasteiger partial charge in [0.2, 0.25) is 0 Å². The molecule has 1 aliphatic heterocycles. The predicted octanol–water partition coefficient (Wildman–Crippen LogP) is 1.86. The van der Waals surface area contributed by atoms with Crippen LogP contribution in [0.2, 0.25) is 0 Å². The smallest absolute Gasteiger partial charge is 0.258 e. The molecule has 1 amide bonds. The molecule has 1 saturated carbocycles. The largest absolute Gasteiger partial charge is 0.508 e. The van der Waals surface area contributed by atoms with E-state index in [2.05, 4.69) is 0 Å². The molecule has 1 aromatic rings. The summed E-state index contributed by atoms with van der Waals surface area (Å²) in [5.41, 5.74) is 0.134. The molecule has 0 bridgehead atoms. The maximum Gasteiger partial charge on any atom is 0.258 e. The molecule has 3 N–H and O–H groups in total. The predicted molar refractivity (Wildman–Crippen MR) is 77.2 cm³/mol. The van der Waals surface area contributed by atoms with E-state index in [4.69, 9.17) is 0 Å². The van der Waals surface area contributed by atoms with Crippen molar-refractivity contribution in [2.75, 3.05) is 6.54 Å². The fraction of sp³-hybridized carbons (Fsp3) is 0.562. The minimum Gasteiger partial charge on any atom is -0.508 e. The number of hydrogen-bond donors (Lipinski definition) is 3. The van der Waals surface area contributed by atoms with Crippen molar-refractivity contribution in [2.24, 2.45) is 5.92 Å². The first-order valence-corrected chi connectivity index (χ1v) is 7.59. The van der Waals surface area contributed by atoms with Crippen molar-refractivity contribution in [3.63, 3.8) is 0 Å². The molecule has 0 aromatic heterocycles. The monoisotopic (exact) mass is 291 g/mol. The molecule has 21 heavy (non-hydrogen) atoms. The molecule has 114 valence electrons. The van der Waals surface area contributed by atoms with Crippen molar-refractivity contribution in [2.45, 2.75) is 44.2 Å². The zero-order valence-corrected chi connectivity index (χ0v) is 11.9. The van der Waals surface area contributed by atoms with Crippen LogP contribution in [0.25, 0.3) is 0 Å². The lowest BCUT2D eigenvalue weighted by Crippen LogP contribution is -2.42. The zero-order valence-electron chi connectivity index (χ0n) is 11.9. The van der Waals surface area contributed by atoms with Gasteiger partial charge in [0, 0.05) is 18.5 Å². The highest BCUT2D eigenvalue weighted by Gasteiger charge is 2.40. The number of aromatic hydroxyl groups is 2. The molecule has 1 aliphatic carbocycles. The first-order valence-electron chi connectivity index (χ1n) is 7.59. The van der Waals surface area contributed by atoms with E-state index in [1.54, 1.807) is 4.90 Å². The van der Waals surface area contributed by atoms with E-state index in [0.717, 1.165) is 32.1 Å². The topological polar surface area (TPSA) is 81.0 Å². The summed E-state index contributed by atoms with van der Waals surface area (Å²) in [7, 11) is 0. The lowest BCUT2D eigenvalue weighted by atomic mass is 9.93. The minimum absolute atomic E-state index is 0.0344. The number of aliphatic hydroxyl groups is 1. The maximum atomic E-state index is 12.7. The van der Waals surface area contributed by atoms with E-state index >= 15 is 0 Å². The van der Waals surface area contributed by atoms with E-state index in [0.29, 0.717) is 6.54 Å². The number of likely N-dealkylation sites (tertiary alicyclic amines) is 1. The van der Waals surface area contributed by atoms with Crippen molar-refractivity contribution < 1.29 is 20.1 Å². The van der Waals surface area contributed by atoms with Gasteiger partial charge in [0.1, 0.15) is 11.5 Å². The molecule has 5 heteroatoms. The molecule has 1 heterocycles. The van der Waals surface area contributed by atoms with Gasteiger partial charge in [-0.2, -0.15) is 0 Å². The summed E-state index contributed by atoms with van der Waals surface area (Å²) in [6, 6.07) is 4.03. The van der Waals surface area contributed by atoms with Gasteiger partial charge in [-0.25, -0.2) is 0 Å². The molecule has 2 fully saturated rings. The molecule has 2 aliphatic rings. The third-order valence-electron chi connectivity index (χ3n) is 4.80. The Morgan fingerprint density at radius 2 is 1.95 bits per heavy atom. The number of carbonyl (C=O) groups is 1. The van der Waals surface area contributed by atoms with Gasteiger partial charge in [-0.1, -0.05) is 6.42 Å². The van der Waals surface area contributed by atoms with Crippen LogP contribution in [0, 0.1) is 5.92 Å². The summed E-state index contributed by atoms with van der Waals surface area (Å²) >= 11 is 0. The highest BCUT2D eigenvalue weighted by Crippen LogP contribution is 2.37. The summed E-state index contributed by atoms with van der Waals surface area (Å²) in [6.07, 6.45) is 4.23. The number of amides is 1. The van der Waals surface area contributed by atoms with Crippen molar-refractivity contribution in [3.8, 4) is 11.5 Å². The van der Waals surface area contributed by atoms with Crippen molar-refractivity contribution in [1.29, 1.82) is 0 Å². The van der Waals surface area contributed by atoms with E-state index < -0.39 is 0 Å². The van der Waals surface area contributed by atoms with Gasteiger partial charge >= 0.3 is 0 Å². The molecular weight excluding hydrogens is 270 g/mol. The molecule has 3 atom stereocenters. The molecule has 0 radical (unpaired) electrons. The molecule has 3 unspecified atom stereocenters. The fourth-order valence-corrected chi connectivity index (χ4v) is 3.76. The van der Waals surface area contributed by atoms with Crippen molar-refractivity contribution in [1.82, 2.24) is 4.90 Å². The number of nitrogens with zero attached hydrogens (tertiary/aromatic N) is 1. The Morgan fingerprint density at radius 1 is 1.14 bits per heavy atom. The third kappa shape index (κ3) is 2.58. The average molecular weight is 291 g/mol. The van der Waals surface area contributed by atoms with Gasteiger partial charge in [-0.3, -0.25) is 4.79 Å². The Labute approximate surface area is 123 Å². The maximum absolute atomic E-state index is 12.7. The summed E-state index contributed by atoms with van der Waals surface area (Å²) in [5, 5.41) is 29.5. The SMILES string of the molecule is O=C(c1cc(O)ccc1O)N1CCCC1C1CCCC1O. The number of rotatable bonds is 2. The van der Waals surface area contributed by atoms with E-state index in [1.165, 1.54) is 18.2 Å². The normalized spacial score (nSPS) is 29.0. The van der Waals surface area contributed by atoms with Crippen LogP contribution in [0.3, 0.4) is 0 Å². The number of benzene rings is 1. The number of aliphatic hydroxyl groups excluding tert-OH is 1. The molecule has 0 spiro atoms. The van der Waals surface area contributed by atoms with Crippen LogP contribution < -0.4 is 0 Å². The summed E-state index contributed by atoms with van der Waals surface area (Å²) in [6.45, 7) is 0.641. The highest BCUT2D eigenvalue weighted by molar-refractivity contribution is 5.97. The first-order chi connectivity index (χ1) is 10.1. The van der Waals surface area contributed by atoms with Crippen LogP contribution in [-0.4, -0.2) is 44.8 Å². The lowest BCUT2D eigenvalue weighted by Gasteiger charge is -2.31. The van der Waals surface area contributed by atoms with Crippen molar-refractivity contribution >= 4 is 5.91 Å². The highest BCUT2D eigenvalue weighted by atomic mass is 16.3. The zero-order chi connectivity index (χ0) is 15.0. The summed E-state index contributed by atoms with van der Waals surface area (Å²) in [5.74, 6) is -0.274. The summed E-state index contributed by atoms with van der Waals surface area (Å²) < 4.78 is 0. The third-order valence-corrected chi connectivity index (χ3v) is 4.80. The fourth-order valence-electron chi connectivity index (χ4n) is 3.76. The quantitative estimate of drug-likeness (QED) is 0.727. The Bertz CT molecular complexity index is 545. The number of hydrogen-bond acceptors (Lipinski definition) is 4. The molecule has 5 nitrogen and oxygen atoms in total. The second-order valence-corrected chi connectivity index (χ2v) is 6.07. The van der Waals surface area contributed by atoms with Crippen LogP contribution in [0.15, 0.2) is 18.2 Å². The summed E-state index contributed by atoms with van der Waals surface area (Å²) in [4.78, 5) is 14.4. The van der Waals surface area contributed by atoms with Gasteiger partial charge in [-0.05, 0) is 43.9 Å². The van der Waals surface area contributed by atoms with Crippen LogP contribution in [-0.2, 0) is 0 Å². The van der Waals surface area contributed by atoms with E-state index in [9.17, 15) is 20.1 Å².